The molecule has 0 radical (unpaired) electrons. The lowest BCUT2D eigenvalue weighted by atomic mass is 10.4. The van der Waals surface area contributed by atoms with Crippen LogP contribution in [0.25, 0.3) is 0 Å². The van der Waals surface area contributed by atoms with E-state index >= 15 is 0 Å². The third-order valence-electron chi connectivity index (χ3n) is 3.95. The molecular formula is C14H22BrN3O4S2. The van der Waals surface area contributed by atoms with Gasteiger partial charge in [-0.25, -0.2) is 21.6 Å². The molecule has 0 saturated carbocycles. The maximum Gasteiger partial charge on any atom is 0.240 e. The fourth-order valence-electron chi connectivity index (χ4n) is 2.46. The first-order valence-corrected chi connectivity index (χ1v) is 11.6. The lowest BCUT2D eigenvalue weighted by Crippen LogP contribution is -2.49. The average Bonchev–Trinajstić information content (AvgIpc) is 2.55. The number of halogens is 1. The number of piperazine rings is 1. The average molecular weight is 440 g/mol. The van der Waals surface area contributed by atoms with E-state index in [4.69, 9.17) is 0 Å². The summed E-state index contributed by atoms with van der Waals surface area (Å²) in [7, 11) is -7.16. The highest BCUT2D eigenvalue weighted by Crippen LogP contribution is 2.14. The summed E-state index contributed by atoms with van der Waals surface area (Å²) in [5, 5.41) is 0. The second-order valence-corrected chi connectivity index (χ2v) is 10.3. The van der Waals surface area contributed by atoms with E-state index in [0.29, 0.717) is 26.2 Å². The maximum absolute atomic E-state index is 12.3. The summed E-state index contributed by atoms with van der Waals surface area (Å²) >= 11 is 3.24. The van der Waals surface area contributed by atoms with Crippen LogP contribution in [0.2, 0.25) is 0 Å². The molecular weight excluding hydrogens is 418 g/mol. The molecule has 1 aromatic rings. The van der Waals surface area contributed by atoms with E-state index < -0.39 is 20.0 Å². The van der Waals surface area contributed by atoms with E-state index in [9.17, 15) is 16.8 Å². The highest BCUT2D eigenvalue weighted by atomic mass is 79.9. The molecule has 2 rings (SSSR count). The van der Waals surface area contributed by atoms with E-state index in [-0.39, 0.29) is 17.2 Å². The Balaban J connectivity index is 1.89. The molecule has 1 aliphatic heterocycles. The summed E-state index contributed by atoms with van der Waals surface area (Å²) in [6.07, 6.45) is 0. The number of nitrogens with zero attached hydrogens (tertiary/aromatic N) is 2. The van der Waals surface area contributed by atoms with Crippen LogP contribution < -0.4 is 4.72 Å². The molecule has 7 nitrogen and oxygen atoms in total. The zero-order valence-corrected chi connectivity index (χ0v) is 16.7. The molecule has 0 spiro atoms. The molecule has 0 unspecified atom stereocenters. The molecule has 10 heteroatoms. The second kappa shape index (κ2) is 8.24. The number of hydrogen-bond acceptors (Lipinski definition) is 5. The first-order chi connectivity index (χ1) is 11.2. The van der Waals surface area contributed by atoms with E-state index in [2.05, 4.69) is 25.6 Å². The quantitative estimate of drug-likeness (QED) is 0.675. The van der Waals surface area contributed by atoms with E-state index in [1.54, 1.807) is 12.1 Å². The highest BCUT2D eigenvalue weighted by molar-refractivity contribution is 9.10. The van der Waals surface area contributed by atoms with Crippen LogP contribution in [0.5, 0.6) is 0 Å². The van der Waals surface area contributed by atoms with Crippen molar-refractivity contribution in [3.63, 3.8) is 0 Å². The largest absolute Gasteiger partial charge is 0.301 e. The molecule has 1 aliphatic rings. The summed E-state index contributed by atoms with van der Waals surface area (Å²) in [6.45, 7) is 5.13. The van der Waals surface area contributed by atoms with Gasteiger partial charge in [0.1, 0.15) is 0 Å². The molecule has 24 heavy (non-hydrogen) atoms. The monoisotopic (exact) mass is 439 g/mol. The van der Waals surface area contributed by atoms with Crippen molar-refractivity contribution in [2.75, 3.05) is 45.0 Å². The summed E-state index contributed by atoms with van der Waals surface area (Å²) in [6, 6.07) is 6.17. The molecule has 1 aromatic carbocycles. The SMILES string of the molecule is CCN1CCN(S(=O)(=O)CCNS(=O)(=O)c2ccc(Br)cc2)CC1. The third kappa shape index (κ3) is 5.24. The summed E-state index contributed by atoms with van der Waals surface area (Å²) in [5.41, 5.74) is 0. The molecule has 0 atom stereocenters. The van der Waals surface area contributed by atoms with Crippen molar-refractivity contribution >= 4 is 36.0 Å². The first-order valence-electron chi connectivity index (χ1n) is 7.70. The van der Waals surface area contributed by atoms with Crippen LogP contribution in [-0.2, 0) is 20.0 Å². The van der Waals surface area contributed by atoms with Crippen LogP contribution in [0.15, 0.2) is 33.6 Å². The lowest BCUT2D eigenvalue weighted by molar-refractivity contribution is 0.196. The molecule has 0 bridgehead atoms. The Bertz CT molecular complexity index is 743. The van der Waals surface area contributed by atoms with Crippen LogP contribution in [0, 0.1) is 0 Å². The van der Waals surface area contributed by atoms with Gasteiger partial charge in [-0.05, 0) is 30.8 Å². The minimum atomic E-state index is -3.70. The fourth-order valence-corrected chi connectivity index (χ4v) is 5.22. The second-order valence-electron chi connectivity index (χ2n) is 5.50. The van der Waals surface area contributed by atoms with Crippen molar-refractivity contribution in [1.82, 2.24) is 13.9 Å². The Hall–Kier alpha value is -0.520. The Morgan fingerprint density at radius 2 is 1.62 bits per heavy atom. The molecule has 1 N–H and O–H groups in total. The minimum absolute atomic E-state index is 0.111. The normalized spacial score (nSPS) is 17.9. The Morgan fingerprint density at radius 3 is 2.17 bits per heavy atom. The van der Waals surface area contributed by atoms with Gasteiger partial charge in [-0.3, -0.25) is 0 Å². The smallest absolute Gasteiger partial charge is 0.240 e. The highest BCUT2D eigenvalue weighted by Gasteiger charge is 2.26. The van der Waals surface area contributed by atoms with Gasteiger partial charge >= 0.3 is 0 Å². The topological polar surface area (TPSA) is 86.8 Å². The standard InChI is InChI=1S/C14H22BrN3O4S2/c1-2-17-8-10-18(11-9-17)23(19,20)12-7-16-24(21,22)14-5-3-13(15)4-6-14/h3-6,16H,2,7-12H2,1H3. The van der Waals surface area contributed by atoms with Gasteiger partial charge in [-0.2, -0.15) is 4.31 Å². The molecule has 1 fully saturated rings. The Labute approximate surface area is 152 Å². The number of rotatable bonds is 7. The maximum atomic E-state index is 12.3. The van der Waals surface area contributed by atoms with Crippen LogP contribution in [0.3, 0.4) is 0 Å². The molecule has 136 valence electrons. The number of nitrogens with one attached hydrogen (secondary N) is 1. The predicted octanol–water partition coefficient (Wildman–Crippen LogP) is 0.695. The van der Waals surface area contributed by atoms with Crippen molar-refractivity contribution in [2.24, 2.45) is 0 Å². The molecule has 0 aliphatic carbocycles. The number of hydrogen-bond donors (Lipinski definition) is 1. The zero-order chi connectivity index (χ0) is 17.8. The van der Waals surface area contributed by atoms with Crippen molar-refractivity contribution < 1.29 is 16.8 Å². The zero-order valence-electron chi connectivity index (χ0n) is 13.5. The lowest BCUT2D eigenvalue weighted by Gasteiger charge is -2.33. The van der Waals surface area contributed by atoms with Gasteiger partial charge in [-0.1, -0.05) is 22.9 Å². The van der Waals surface area contributed by atoms with E-state index in [1.807, 2.05) is 6.92 Å². The Morgan fingerprint density at radius 1 is 1.04 bits per heavy atom. The van der Waals surface area contributed by atoms with Gasteiger partial charge in [-0.15, -0.1) is 0 Å². The van der Waals surface area contributed by atoms with Gasteiger partial charge < -0.3 is 4.90 Å². The van der Waals surface area contributed by atoms with Crippen molar-refractivity contribution in [3.05, 3.63) is 28.7 Å². The predicted molar refractivity (Wildman–Crippen MR) is 96.8 cm³/mol. The van der Waals surface area contributed by atoms with Crippen molar-refractivity contribution in [1.29, 1.82) is 0 Å². The molecule has 0 amide bonds. The summed E-state index contributed by atoms with van der Waals surface area (Å²) in [4.78, 5) is 2.29. The van der Waals surface area contributed by atoms with Gasteiger partial charge in [0, 0.05) is 37.2 Å². The molecule has 0 aromatic heterocycles. The van der Waals surface area contributed by atoms with Crippen LogP contribution >= 0.6 is 15.9 Å². The van der Waals surface area contributed by atoms with Gasteiger partial charge in [0.25, 0.3) is 0 Å². The van der Waals surface area contributed by atoms with Crippen molar-refractivity contribution in [3.8, 4) is 0 Å². The summed E-state index contributed by atoms with van der Waals surface area (Å²) in [5.74, 6) is -0.241. The minimum Gasteiger partial charge on any atom is -0.301 e. The van der Waals surface area contributed by atoms with Gasteiger partial charge in [0.05, 0.1) is 10.6 Å². The van der Waals surface area contributed by atoms with Crippen LogP contribution in [-0.4, -0.2) is 71.1 Å². The molecule has 1 heterocycles. The molecule has 1 saturated heterocycles. The van der Waals surface area contributed by atoms with Crippen molar-refractivity contribution in [2.45, 2.75) is 11.8 Å². The Kier molecular flexibility index (Phi) is 6.80. The third-order valence-corrected chi connectivity index (χ3v) is 7.83. The number of sulfonamides is 2. The number of likely N-dealkylation sites (N-methyl/N-ethyl adjacent to an activating group) is 1. The van der Waals surface area contributed by atoms with E-state index in [1.165, 1.54) is 16.4 Å². The van der Waals surface area contributed by atoms with Gasteiger partial charge in [0.2, 0.25) is 20.0 Å². The number of benzene rings is 1. The fraction of sp³-hybridized carbons (Fsp3) is 0.571. The van der Waals surface area contributed by atoms with E-state index in [0.717, 1.165) is 11.0 Å². The summed E-state index contributed by atoms with van der Waals surface area (Å²) < 4.78 is 53.5. The van der Waals surface area contributed by atoms with Crippen LogP contribution in [0.1, 0.15) is 6.92 Å². The first kappa shape index (κ1) is 19.8. The van der Waals surface area contributed by atoms with Crippen LogP contribution in [0.4, 0.5) is 0 Å². The van der Waals surface area contributed by atoms with Gasteiger partial charge in [0.15, 0.2) is 0 Å².